The Morgan fingerprint density at radius 3 is 2.38 bits per heavy atom. The van der Waals surface area contributed by atoms with Crippen molar-refractivity contribution < 1.29 is 9.21 Å². The molecule has 1 aromatic carbocycles. The summed E-state index contributed by atoms with van der Waals surface area (Å²) in [5.74, 6) is 1.25. The Hall–Kier alpha value is -2.47. The molecule has 1 aliphatic carbocycles. The Morgan fingerprint density at radius 1 is 1.14 bits per heavy atom. The molecule has 0 atom stereocenters. The number of benzene rings is 1. The Bertz CT molecular complexity index is 851. The van der Waals surface area contributed by atoms with Crippen LogP contribution >= 0.6 is 11.6 Å². The molecule has 0 spiro atoms. The van der Waals surface area contributed by atoms with Gasteiger partial charge >= 0.3 is 0 Å². The number of nitrogens with zero attached hydrogens (tertiary/aromatic N) is 3. The minimum Gasteiger partial charge on any atom is -0.459 e. The van der Waals surface area contributed by atoms with Crippen molar-refractivity contribution >= 4 is 23.5 Å². The van der Waals surface area contributed by atoms with Crippen LogP contribution in [-0.4, -0.2) is 61.4 Å². The Balaban J connectivity index is 1.34. The molecule has 7 heteroatoms. The molecule has 29 heavy (non-hydrogen) atoms. The predicted octanol–water partition coefficient (Wildman–Crippen LogP) is 3.39. The molecule has 1 aromatic heterocycles. The summed E-state index contributed by atoms with van der Waals surface area (Å²) < 4.78 is 5.24. The molecule has 1 aliphatic heterocycles. The van der Waals surface area contributed by atoms with E-state index in [4.69, 9.17) is 16.0 Å². The molecule has 2 fully saturated rings. The van der Waals surface area contributed by atoms with E-state index in [0.29, 0.717) is 18.8 Å². The number of guanidine groups is 1. The van der Waals surface area contributed by atoms with Crippen LogP contribution in [0.5, 0.6) is 0 Å². The number of hydrogen-bond acceptors (Lipinski definition) is 3. The first-order valence-corrected chi connectivity index (χ1v) is 10.5. The van der Waals surface area contributed by atoms with Crippen molar-refractivity contribution in [2.75, 3.05) is 39.8 Å². The number of rotatable bonds is 4. The lowest BCUT2D eigenvalue weighted by atomic mass is 9.64. The van der Waals surface area contributed by atoms with Crippen molar-refractivity contribution in [2.24, 2.45) is 4.99 Å². The van der Waals surface area contributed by atoms with E-state index < -0.39 is 0 Å². The van der Waals surface area contributed by atoms with Crippen LogP contribution in [0.2, 0.25) is 5.02 Å². The van der Waals surface area contributed by atoms with Crippen molar-refractivity contribution in [3.63, 3.8) is 0 Å². The Kier molecular flexibility index (Phi) is 5.81. The van der Waals surface area contributed by atoms with Gasteiger partial charge in [-0.25, -0.2) is 0 Å². The van der Waals surface area contributed by atoms with Crippen molar-refractivity contribution in [2.45, 2.75) is 24.7 Å². The summed E-state index contributed by atoms with van der Waals surface area (Å²) in [6.07, 6.45) is 5.12. The zero-order valence-electron chi connectivity index (χ0n) is 16.7. The SMILES string of the molecule is CN=C(NCC1(c2ccc(Cl)cc2)CCC1)N1CCN(C(=O)c2ccco2)CC1. The van der Waals surface area contributed by atoms with E-state index in [1.807, 2.05) is 24.1 Å². The maximum atomic E-state index is 12.4. The number of nitrogens with one attached hydrogen (secondary N) is 1. The first kappa shape index (κ1) is 19.8. The van der Waals surface area contributed by atoms with Gasteiger partial charge in [0.25, 0.3) is 5.91 Å². The average Bonchev–Trinajstić information content (AvgIpc) is 3.26. The van der Waals surface area contributed by atoms with Gasteiger partial charge in [0.15, 0.2) is 11.7 Å². The summed E-state index contributed by atoms with van der Waals surface area (Å²) >= 11 is 6.07. The highest BCUT2D eigenvalue weighted by Gasteiger charge is 2.39. The molecule has 154 valence electrons. The van der Waals surface area contributed by atoms with Gasteiger partial charge in [0.2, 0.25) is 0 Å². The third-order valence-corrected chi connectivity index (χ3v) is 6.41. The fourth-order valence-corrected chi connectivity index (χ4v) is 4.36. The largest absolute Gasteiger partial charge is 0.459 e. The lowest BCUT2D eigenvalue weighted by Gasteiger charge is -2.44. The van der Waals surface area contributed by atoms with Crippen LogP contribution in [-0.2, 0) is 5.41 Å². The van der Waals surface area contributed by atoms with Crippen LogP contribution in [0.1, 0.15) is 35.4 Å². The van der Waals surface area contributed by atoms with Crippen molar-refractivity contribution in [1.82, 2.24) is 15.1 Å². The van der Waals surface area contributed by atoms with Gasteiger partial charge in [-0.2, -0.15) is 0 Å². The molecule has 0 bridgehead atoms. The molecular weight excluding hydrogens is 388 g/mol. The zero-order valence-corrected chi connectivity index (χ0v) is 17.5. The second kappa shape index (κ2) is 8.49. The molecule has 2 heterocycles. The van der Waals surface area contributed by atoms with Crippen molar-refractivity contribution in [3.05, 3.63) is 59.0 Å². The number of carbonyl (C=O) groups excluding carboxylic acids is 1. The summed E-state index contributed by atoms with van der Waals surface area (Å²) in [6, 6.07) is 11.7. The van der Waals surface area contributed by atoms with Crippen LogP contribution < -0.4 is 5.32 Å². The molecule has 2 aromatic rings. The molecule has 0 unspecified atom stereocenters. The first-order valence-electron chi connectivity index (χ1n) is 10.2. The molecule has 1 N–H and O–H groups in total. The third-order valence-electron chi connectivity index (χ3n) is 6.16. The van der Waals surface area contributed by atoms with Crippen LogP contribution in [0, 0.1) is 0 Å². The topological polar surface area (TPSA) is 61.1 Å². The van der Waals surface area contributed by atoms with Crippen molar-refractivity contribution in [1.29, 1.82) is 0 Å². The highest BCUT2D eigenvalue weighted by molar-refractivity contribution is 6.30. The summed E-state index contributed by atoms with van der Waals surface area (Å²) in [5.41, 5.74) is 1.49. The predicted molar refractivity (Wildman–Crippen MR) is 115 cm³/mol. The van der Waals surface area contributed by atoms with Gasteiger partial charge in [0.05, 0.1) is 6.26 Å². The van der Waals surface area contributed by atoms with E-state index in [-0.39, 0.29) is 11.3 Å². The standard InChI is InChI=1S/C22H27ClN4O2/c1-24-21(25-16-22(9-3-10-22)17-5-7-18(23)8-6-17)27-13-11-26(12-14-27)20(28)19-4-2-15-29-19/h2,4-8,15H,3,9-14,16H2,1H3,(H,24,25). The molecule has 1 amide bonds. The van der Waals surface area contributed by atoms with E-state index in [2.05, 4.69) is 27.3 Å². The third kappa shape index (κ3) is 4.13. The molecule has 2 aliphatic rings. The second-order valence-electron chi connectivity index (χ2n) is 7.80. The highest BCUT2D eigenvalue weighted by Crippen LogP contribution is 2.43. The quantitative estimate of drug-likeness (QED) is 0.615. The summed E-state index contributed by atoms with van der Waals surface area (Å²) in [5, 5.41) is 4.36. The van der Waals surface area contributed by atoms with Crippen LogP contribution in [0.4, 0.5) is 0 Å². The van der Waals surface area contributed by atoms with Crippen LogP contribution in [0.25, 0.3) is 0 Å². The number of furan rings is 1. The van der Waals surface area contributed by atoms with Gasteiger partial charge in [-0.3, -0.25) is 9.79 Å². The second-order valence-corrected chi connectivity index (χ2v) is 8.23. The van der Waals surface area contributed by atoms with Crippen molar-refractivity contribution in [3.8, 4) is 0 Å². The minimum absolute atomic E-state index is 0.0474. The summed E-state index contributed by atoms with van der Waals surface area (Å²) in [4.78, 5) is 21.0. The highest BCUT2D eigenvalue weighted by atomic mass is 35.5. The van der Waals surface area contributed by atoms with Gasteiger partial charge in [0.1, 0.15) is 0 Å². The Morgan fingerprint density at radius 2 is 1.83 bits per heavy atom. The summed E-state index contributed by atoms with van der Waals surface area (Å²) in [7, 11) is 1.82. The van der Waals surface area contributed by atoms with Gasteiger partial charge in [-0.05, 0) is 42.7 Å². The number of halogens is 1. The maximum Gasteiger partial charge on any atom is 0.289 e. The van der Waals surface area contributed by atoms with Gasteiger partial charge in [-0.1, -0.05) is 30.2 Å². The monoisotopic (exact) mass is 414 g/mol. The fraction of sp³-hybridized carbons (Fsp3) is 0.455. The molecule has 1 saturated heterocycles. The lowest BCUT2D eigenvalue weighted by Crippen LogP contribution is -2.56. The fourth-order valence-electron chi connectivity index (χ4n) is 4.23. The van der Waals surface area contributed by atoms with E-state index in [1.165, 1.54) is 31.1 Å². The minimum atomic E-state index is -0.0474. The van der Waals surface area contributed by atoms with Gasteiger partial charge in [-0.15, -0.1) is 0 Å². The van der Waals surface area contributed by atoms with Crippen LogP contribution in [0.15, 0.2) is 52.1 Å². The molecule has 1 saturated carbocycles. The smallest absolute Gasteiger partial charge is 0.289 e. The maximum absolute atomic E-state index is 12.4. The molecular formula is C22H27ClN4O2. The van der Waals surface area contributed by atoms with Crippen LogP contribution in [0.3, 0.4) is 0 Å². The van der Waals surface area contributed by atoms with Gasteiger partial charge in [0, 0.05) is 50.2 Å². The van der Waals surface area contributed by atoms with E-state index in [0.717, 1.165) is 30.6 Å². The normalized spacial score (nSPS) is 19.0. The molecule has 4 rings (SSSR count). The number of carbonyl (C=O) groups is 1. The number of amides is 1. The Labute approximate surface area is 176 Å². The van der Waals surface area contributed by atoms with Gasteiger partial charge < -0.3 is 19.5 Å². The lowest BCUT2D eigenvalue weighted by molar-refractivity contribution is 0.0657. The summed E-state index contributed by atoms with van der Waals surface area (Å²) in [6.45, 7) is 3.66. The first-order chi connectivity index (χ1) is 14.1. The molecule has 0 radical (unpaired) electrons. The van der Waals surface area contributed by atoms with E-state index in [1.54, 1.807) is 12.1 Å². The molecule has 6 nitrogen and oxygen atoms in total. The van der Waals surface area contributed by atoms with E-state index >= 15 is 0 Å². The zero-order chi connectivity index (χ0) is 20.3. The number of hydrogen-bond donors (Lipinski definition) is 1. The average molecular weight is 415 g/mol. The van der Waals surface area contributed by atoms with E-state index in [9.17, 15) is 4.79 Å². The number of piperazine rings is 1. The number of aliphatic imine (C=N–C) groups is 1.